The molecule has 1 nitrogen and oxygen atoms in total. The SMILES string of the molecule is CC(C)C[C@@H]1C[C@H]1[C@@H](C)[C@H]1CC[C@H]2[C@@H]3CC[C@H]4C[C@@H](O)CC[C@@H]4[C@H]3CC[C@]12C. The summed E-state index contributed by atoms with van der Waals surface area (Å²) < 4.78 is 0. The van der Waals surface area contributed by atoms with Crippen molar-refractivity contribution in [1.29, 1.82) is 0 Å². The number of hydrogen-bond donors (Lipinski definition) is 1. The number of hydrogen-bond acceptors (Lipinski definition) is 1. The molecule has 0 saturated heterocycles. The molecular formula is C27H46O. The molecule has 0 heterocycles. The summed E-state index contributed by atoms with van der Waals surface area (Å²) in [7, 11) is 0. The van der Waals surface area contributed by atoms with Gasteiger partial charge in [0, 0.05) is 0 Å². The van der Waals surface area contributed by atoms with Crippen molar-refractivity contribution >= 4 is 0 Å². The summed E-state index contributed by atoms with van der Waals surface area (Å²) in [4.78, 5) is 0. The van der Waals surface area contributed by atoms with Gasteiger partial charge in [0.2, 0.25) is 0 Å². The maximum absolute atomic E-state index is 10.2. The molecule has 0 bridgehead atoms. The zero-order valence-corrected chi connectivity index (χ0v) is 19.1. The van der Waals surface area contributed by atoms with Crippen LogP contribution in [0.3, 0.4) is 0 Å². The van der Waals surface area contributed by atoms with E-state index < -0.39 is 0 Å². The van der Waals surface area contributed by atoms with Crippen LogP contribution in [0.2, 0.25) is 0 Å². The molecule has 0 aromatic carbocycles. The molecule has 5 saturated carbocycles. The molecule has 28 heavy (non-hydrogen) atoms. The van der Waals surface area contributed by atoms with Gasteiger partial charge in [-0.15, -0.1) is 0 Å². The average Bonchev–Trinajstić information content (AvgIpc) is 3.31. The van der Waals surface area contributed by atoms with Crippen LogP contribution in [0.15, 0.2) is 0 Å². The molecule has 1 N–H and O–H groups in total. The summed E-state index contributed by atoms with van der Waals surface area (Å²) in [6, 6.07) is 0. The molecule has 5 aliphatic carbocycles. The zero-order valence-electron chi connectivity index (χ0n) is 19.1. The summed E-state index contributed by atoms with van der Waals surface area (Å²) in [6.45, 7) is 10.2. The molecule has 0 unspecified atom stereocenters. The molecule has 160 valence electrons. The van der Waals surface area contributed by atoms with Gasteiger partial charge in [0.05, 0.1) is 6.10 Å². The molecule has 1 heteroatoms. The summed E-state index contributed by atoms with van der Waals surface area (Å²) in [5.74, 6) is 9.83. The van der Waals surface area contributed by atoms with E-state index in [9.17, 15) is 5.11 Å². The van der Waals surface area contributed by atoms with E-state index in [-0.39, 0.29) is 6.10 Å². The van der Waals surface area contributed by atoms with E-state index in [1.54, 1.807) is 0 Å². The Kier molecular flexibility index (Phi) is 5.17. The summed E-state index contributed by atoms with van der Waals surface area (Å²) in [6.07, 6.45) is 15.6. The molecule has 0 aliphatic heterocycles. The van der Waals surface area contributed by atoms with Crippen LogP contribution in [0, 0.1) is 64.6 Å². The number of aliphatic hydroxyl groups is 1. The first-order valence-electron chi connectivity index (χ1n) is 13.1. The fraction of sp³-hybridized carbons (Fsp3) is 1.00. The van der Waals surface area contributed by atoms with E-state index in [2.05, 4.69) is 27.7 Å². The maximum Gasteiger partial charge on any atom is 0.0543 e. The highest BCUT2D eigenvalue weighted by molar-refractivity contribution is 5.08. The maximum atomic E-state index is 10.2. The van der Waals surface area contributed by atoms with E-state index in [0.717, 1.165) is 72.0 Å². The van der Waals surface area contributed by atoms with Gasteiger partial charge in [-0.1, -0.05) is 27.7 Å². The predicted molar refractivity (Wildman–Crippen MR) is 117 cm³/mol. The first-order valence-corrected chi connectivity index (χ1v) is 13.1. The van der Waals surface area contributed by atoms with Crippen LogP contribution in [-0.2, 0) is 0 Å². The molecule has 0 amide bonds. The molecule has 0 aromatic rings. The molecule has 0 spiro atoms. The molecule has 5 fully saturated rings. The number of rotatable bonds is 4. The highest BCUT2D eigenvalue weighted by atomic mass is 16.3. The van der Waals surface area contributed by atoms with Crippen molar-refractivity contribution in [2.75, 3.05) is 0 Å². The lowest BCUT2D eigenvalue weighted by Crippen LogP contribution is -2.49. The average molecular weight is 387 g/mol. The van der Waals surface area contributed by atoms with Crippen molar-refractivity contribution in [3.05, 3.63) is 0 Å². The van der Waals surface area contributed by atoms with Crippen LogP contribution in [-0.4, -0.2) is 11.2 Å². The largest absolute Gasteiger partial charge is 0.393 e. The van der Waals surface area contributed by atoms with Gasteiger partial charge < -0.3 is 5.11 Å². The minimum atomic E-state index is 0.0145. The van der Waals surface area contributed by atoms with Gasteiger partial charge in [0.25, 0.3) is 0 Å². The summed E-state index contributed by atoms with van der Waals surface area (Å²) in [5, 5.41) is 10.2. The van der Waals surface area contributed by atoms with Gasteiger partial charge in [-0.2, -0.15) is 0 Å². The minimum Gasteiger partial charge on any atom is -0.393 e. The van der Waals surface area contributed by atoms with E-state index in [4.69, 9.17) is 0 Å². The first kappa shape index (κ1) is 19.9. The van der Waals surface area contributed by atoms with Gasteiger partial charge in [-0.25, -0.2) is 0 Å². The second kappa shape index (κ2) is 7.28. The highest BCUT2D eigenvalue weighted by Crippen LogP contribution is 2.67. The second-order valence-electron chi connectivity index (χ2n) is 12.8. The topological polar surface area (TPSA) is 20.2 Å². The number of aliphatic hydroxyl groups excluding tert-OH is 1. The lowest BCUT2D eigenvalue weighted by atomic mass is 9.49. The normalized spacial score (nSPS) is 54.0. The molecule has 5 aliphatic rings. The van der Waals surface area contributed by atoms with Gasteiger partial charge >= 0.3 is 0 Å². The Bertz CT molecular complexity index is 569. The van der Waals surface area contributed by atoms with E-state index in [0.29, 0.717) is 5.41 Å². The Balaban J connectivity index is 1.28. The van der Waals surface area contributed by atoms with Crippen LogP contribution in [0.25, 0.3) is 0 Å². The van der Waals surface area contributed by atoms with Crippen molar-refractivity contribution in [2.24, 2.45) is 64.6 Å². The molecule has 5 rings (SSSR count). The Hall–Kier alpha value is -0.0400. The quantitative estimate of drug-likeness (QED) is 0.555. The minimum absolute atomic E-state index is 0.0145. The van der Waals surface area contributed by atoms with E-state index >= 15 is 0 Å². The Morgan fingerprint density at radius 2 is 1.64 bits per heavy atom. The highest BCUT2D eigenvalue weighted by Gasteiger charge is 2.59. The Morgan fingerprint density at radius 3 is 2.43 bits per heavy atom. The van der Waals surface area contributed by atoms with Crippen molar-refractivity contribution in [3.8, 4) is 0 Å². The number of fused-ring (bicyclic) bond motifs is 5. The zero-order chi connectivity index (χ0) is 19.6. The Labute approximate surface area is 174 Å². The monoisotopic (exact) mass is 386 g/mol. The fourth-order valence-electron chi connectivity index (χ4n) is 9.82. The van der Waals surface area contributed by atoms with Gasteiger partial charge in [-0.05, 0) is 135 Å². The standard InChI is InChI=1S/C27H46O/c1-16(2)13-19-15-24(19)17(3)25-9-10-26-23-7-5-18-14-20(28)6-8-21(18)22(23)11-12-27(25,26)4/h16-26,28H,5-15H2,1-4H3/t17-,18+,19-,20+,21+,22-,23-,24+,25-,26+,27-/m1/s1. The van der Waals surface area contributed by atoms with Crippen molar-refractivity contribution in [1.82, 2.24) is 0 Å². The van der Waals surface area contributed by atoms with Crippen LogP contribution in [0.5, 0.6) is 0 Å². The Morgan fingerprint density at radius 1 is 0.857 bits per heavy atom. The fourth-order valence-corrected chi connectivity index (χ4v) is 9.82. The van der Waals surface area contributed by atoms with Gasteiger partial charge in [0.1, 0.15) is 0 Å². The molecule has 0 aromatic heterocycles. The van der Waals surface area contributed by atoms with E-state index in [1.807, 2.05) is 0 Å². The first-order chi connectivity index (χ1) is 13.4. The van der Waals surface area contributed by atoms with Crippen molar-refractivity contribution < 1.29 is 5.11 Å². The van der Waals surface area contributed by atoms with Gasteiger partial charge in [0.15, 0.2) is 0 Å². The van der Waals surface area contributed by atoms with Crippen LogP contribution < -0.4 is 0 Å². The van der Waals surface area contributed by atoms with E-state index in [1.165, 1.54) is 57.8 Å². The van der Waals surface area contributed by atoms with Crippen molar-refractivity contribution in [2.45, 2.75) is 104 Å². The molecule has 11 atom stereocenters. The third kappa shape index (κ3) is 3.21. The van der Waals surface area contributed by atoms with Gasteiger partial charge in [-0.3, -0.25) is 0 Å². The third-order valence-electron chi connectivity index (χ3n) is 11.1. The second-order valence-corrected chi connectivity index (χ2v) is 12.8. The third-order valence-corrected chi connectivity index (χ3v) is 11.1. The predicted octanol–water partition coefficient (Wildman–Crippen LogP) is 6.93. The van der Waals surface area contributed by atoms with Crippen LogP contribution in [0.4, 0.5) is 0 Å². The lowest BCUT2D eigenvalue weighted by Gasteiger charge is -2.56. The van der Waals surface area contributed by atoms with Crippen LogP contribution >= 0.6 is 0 Å². The lowest BCUT2D eigenvalue weighted by molar-refractivity contribution is -0.0829. The summed E-state index contributed by atoms with van der Waals surface area (Å²) in [5.41, 5.74) is 0.645. The van der Waals surface area contributed by atoms with Crippen LogP contribution in [0.1, 0.15) is 98.3 Å². The summed E-state index contributed by atoms with van der Waals surface area (Å²) >= 11 is 0. The smallest absolute Gasteiger partial charge is 0.0543 e. The molecular weight excluding hydrogens is 340 g/mol. The molecule has 0 radical (unpaired) electrons. The van der Waals surface area contributed by atoms with Crippen molar-refractivity contribution in [3.63, 3.8) is 0 Å².